The van der Waals surface area contributed by atoms with Crippen LogP contribution in [0.3, 0.4) is 0 Å². The van der Waals surface area contributed by atoms with Crippen molar-refractivity contribution in [2.75, 3.05) is 11.1 Å². The second-order valence-corrected chi connectivity index (χ2v) is 5.68. The first kappa shape index (κ1) is 15.9. The van der Waals surface area contributed by atoms with E-state index in [1.165, 1.54) is 0 Å². The molecule has 4 nitrogen and oxygen atoms in total. The Balaban J connectivity index is 2.23. The van der Waals surface area contributed by atoms with Crippen LogP contribution >= 0.6 is 0 Å². The second kappa shape index (κ2) is 6.52. The van der Waals surface area contributed by atoms with Crippen LogP contribution in [0.5, 0.6) is 5.75 Å². The molecule has 0 saturated carbocycles. The number of amides is 1. The van der Waals surface area contributed by atoms with Gasteiger partial charge in [-0.05, 0) is 69.2 Å². The lowest BCUT2D eigenvalue weighted by Gasteiger charge is -2.14. The molecule has 0 aliphatic rings. The number of anilines is 2. The number of nitrogens with two attached hydrogens (primary N) is 1. The number of nitrogen functional groups attached to an aromatic ring is 1. The summed E-state index contributed by atoms with van der Waals surface area (Å²) in [5.41, 5.74) is 9.76. The van der Waals surface area contributed by atoms with E-state index in [9.17, 15) is 4.79 Å². The number of hydrogen-bond donors (Lipinski definition) is 2. The van der Waals surface area contributed by atoms with Gasteiger partial charge < -0.3 is 15.8 Å². The molecular weight excluding hydrogens is 276 g/mol. The van der Waals surface area contributed by atoms with Crippen molar-refractivity contribution in [3.05, 3.63) is 53.1 Å². The Hall–Kier alpha value is -2.49. The molecule has 0 radical (unpaired) electrons. The number of nitrogens with one attached hydrogen (secondary N) is 1. The molecule has 0 saturated heterocycles. The average Bonchev–Trinajstić information content (AvgIpc) is 2.42. The quantitative estimate of drug-likeness (QED) is 0.841. The fraction of sp³-hybridized carbons (Fsp3) is 0.278. The van der Waals surface area contributed by atoms with Crippen molar-refractivity contribution in [2.24, 2.45) is 0 Å². The van der Waals surface area contributed by atoms with E-state index in [1.807, 2.05) is 52.0 Å². The molecule has 2 aromatic rings. The number of benzene rings is 2. The standard InChI is InChI=1S/C18H22N2O2/c1-11(2)22-16-7-5-6-14(10-16)18(21)20-17-12(3)8-15(19)9-13(17)4/h5-11H,19H2,1-4H3,(H,20,21). The molecule has 0 atom stereocenters. The minimum atomic E-state index is -0.162. The molecule has 1 amide bonds. The molecule has 2 rings (SSSR count). The lowest BCUT2D eigenvalue weighted by molar-refractivity contribution is 0.102. The van der Waals surface area contributed by atoms with Crippen LogP contribution < -0.4 is 15.8 Å². The van der Waals surface area contributed by atoms with E-state index in [-0.39, 0.29) is 12.0 Å². The normalized spacial score (nSPS) is 10.6. The second-order valence-electron chi connectivity index (χ2n) is 5.68. The minimum absolute atomic E-state index is 0.0694. The van der Waals surface area contributed by atoms with E-state index in [0.717, 1.165) is 16.8 Å². The predicted molar refractivity (Wildman–Crippen MR) is 90.5 cm³/mol. The third kappa shape index (κ3) is 3.79. The molecule has 0 aromatic heterocycles. The molecule has 4 heteroatoms. The molecule has 0 aliphatic heterocycles. The number of hydrogen-bond acceptors (Lipinski definition) is 3. The van der Waals surface area contributed by atoms with Crippen molar-refractivity contribution in [3.8, 4) is 5.75 Å². The Morgan fingerprint density at radius 2 is 1.77 bits per heavy atom. The predicted octanol–water partition coefficient (Wildman–Crippen LogP) is 3.93. The van der Waals surface area contributed by atoms with Gasteiger partial charge in [-0.1, -0.05) is 6.07 Å². The highest BCUT2D eigenvalue weighted by Gasteiger charge is 2.11. The van der Waals surface area contributed by atoms with Crippen LogP contribution in [0.25, 0.3) is 0 Å². The number of rotatable bonds is 4. The van der Waals surface area contributed by atoms with Gasteiger partial charge in [-0.3, -0.25) is 4.79 Å². The monoisotopic (exact) mass is 298 g/mol. The molecule has 116 valence electrons. The highest BCUT2D eigenvalue weighted by molar-refractivity contribution is 6.05. The van der Waals surface area contributed by atoms with Crippen LogP contribution in [0, 0.1) is 13.8 Å². The third-order valence-corrected chi connectivity index (χ3v) is 3.26. The average molecular weight is 298 g/mol. The highest BCUT2D eigenvalue weighted by Crippen LogP contribution is 2.24. The number of carbonyl (C=O) groups is 1. The Bertz CT molecular complexity index is 670. The van der Waals surface area contributed by atoms with Crippen LogP contribution in [0.15, 0.2) is 36.4 Å². The first-order valence-electron chi connectivity index (χ1n) is 7.31. The molecular formula is C18H22N2O2. The fourth-order valence-corrected chi connectivity index (χ4v) is 2.36. The summed E-state index contributed by atoms with van der Waals surface area (Å²) < 4.78 is 5.62. The fourth-order valence-electron chi connectivity index (χ4n) is 2.36. The zero-order valence-corrected chi connectivity index (χ0v) is 13.4. The highest BCUT2D eigenvalue weighted by atomic mass is 16.5. The van der Waals surface area contributed by atoms with Gasteiger partial charge in [0, 0.05) is 16.9 Å². The smallest absolute Gasteiger partial charge is 0.255 e. The van der Waals surface area contributed by atoms with Crippen molar-refractivity contribution in [3.63, 3.8) is 0 Å². The van der Waals surface area contributed by atoms with Gasteiger partial charge in [-0.25, -0.2) is 0 Å². The summed E-state index contributed by atoms with van der Waals surface area (Å²) in [6, 6.07) is 10.9. The van der Waals surface area contributed by atoms with E-state index in [1.54, 1.807) is 12.1 Å². The summed E-state index contributed by atoms with van der Waals surface area (Å²) in [4.78, 5) is 12.4. The van der Waals surface area contributed by atoms with Crippen LogP contribution in [-0.4, -0.2) is 12.0 Å². The lowest BCUT2D eigenvalue weighted by atomic mass is 10.1. The molecule has 0 heterocycles. The van der Waals surface area contributed by atoms with E-state index in [2.05, 4.69) is 5.32 Å². The van der Waals surface area contributed by atoms with Crippen LogP contribution in [0.1, 0.15) is 35.3 Å². The maximum atomic E-state index is 12.4. The lowest BCUT2D eigenvalue weighted by Crippen LogP contribution is -2.14. The number of carbonyl (C=O) groups excluding carboxylic acids is 1. The number of ether oxygens (including phenoxy) is 1. The van der Waals surface area contributed by atoms with Gasteiger partial charge in [-0.2, -0.15) is 0 Å². The third-order valence-electron chi connectivity index (χ3n) is 3.26. The van der Waals surface area contributed by atoms with Gasteiger partial charge >= 0.3 is 0 Å². The van der Waals surface area contributed by atoms with E-state index in [0.29, 0.717) is 17.0 Å². The van der Waals surface area contributed by atoms with Crippen LogP contribution in [-0.2, 0) is 0 Å². The Labute approximate surface area is 131 Å². The van der Waals surface area contributed by atoms with Crippen molar-refractivity contribution >= 4 is 17.3 Å². The first-order valence-corrected chi connectivity index (χ1v) is 7.31. The van der Waals surface area contributed by atoms with Crippen molar-refractivity contribution in [1.29, 1.82) is 0 Å². The van der Waals surface area contributed by atoms with E-state index < -0.39 is 0 Å². The summed E-state index contributed by atoms with van der Waals surface area (Å²) in [6.07, 6.45) is 0.0694. The maximum absolute atomic E-state index is 12.4. The summed E-state index contributed by atoms with van der Waals surface area (Å²) in [5.74, 6) is 0.526. The summed E-state index contributed by atoms with van der Waals surface area (Å²) in [7, 11) is 0. The minimum Gasteiger partial charge on any atom is -0.491 e. The van der Waals surface area contributed by atoms with Crippen LogP contribution in [0.2, 0.25) is 0 Å². The van der Waals surface area contributed by atoms with E-state index in [4.69, 9.17) is 10.5 Å². The van der Waals surface area contributed by atoms with Gasteiger partial charge in [0.2, 0.25) is 0 Å². The Kier molecular flexibility index (Phi) is 4.71. The zero-order chi connectivity index (χ0) is 16.3. The maximum Gasteiger partial charge on any atom is 0.255 e. The molecule has 3 N–H and O–H groups in total. The molecule has 0 spiro atoms. The Morgan fingerprint density at radius 1 is 1.14 bits per heavy atom. The molecule has 2 aromatic carbocycles. The van der Waals surface area contributed by atoms with Crippen LogP contribution in [0.4, 0.5) is 11.4 Å². The van der Waals surface area contributed by atoms with Gasteiger partial charge in [0.25, 0.3) is 5.91 Å². The van der Waals surface area contributed by atoms with Crippen molar-refractivity contribution in [2.45, 2.75) is 33.8 Å². The summed E-state index contributed by atoms with van der Waals surface area (Å²) >= 11 is 0. The summed E-state index contributed by atoms with van der Waals surface area (Å²) in [6.45, 7) is 7.76. The van der Waals surface area contributed by atoms with Gasteiger partial charge in [0.1, 0.15) is 5.75 Å². The molecule has 22 heavy (non-hydrogen) atoms. The molecule has 0 unspecified atom stereocenters. The van der Waals surface area contributed by atoms with Gasteiger partial charge in [0.15, 0.2) is 0 Å². The topological polar surface area (TPSA) is 64.3 Å². The molecule has 0 fully saturated rings. The SMILES string of the molecule is Cc1cc(N)cc(C)c1NC(=O)c1cccc(OC(C)C)c1. The van der Waals surface area contributed by atoms with Crippen molar-refractivity contribution < 1.29 is 9.53 Å². The first-order chi connectivity index (χ1) is 10.4. The number of aryl methyl sites for hydroxylation is 2. The summed E-state index contributed by atoms with van der Waals surface area (Å²) in [5, 5.41) is 2.95. The largest absolute Gasteiger partial charge is 0.491 e. The molecule has 0 bridgehead atoms. The van der Waals surface area contributed by atoms with Gasteiger partial charge in [0.05, 0.1) is 6.10 Å². The Morgan fingerprint density at radius 3 is 2.36 bits per heavy atom. The molecule has 0 aliphatic carbocycles. The zero-order valence-electron chi connectivity index (χ0n) is 13.4. The van der Waals surface area contributed by atoms with Crippen molar-refractivity contribution in [1.82, 2.24) is 0 Å². The van der Waals surface area contributed by atoms with E-state index >= 15 is 0 Å². The van der Waals surface area contributed by atoms with Gasteiger partial charge in [-0.15, -0.1) is 0 Å².